The molecule has 0 aliphatic rings. The number of benzene rings is 1. The number of sulfonamides is 1. The lowest BCUT2D eigenvalue weighted by Crippen LogP contribution is -2.09. The smallest absolute Gasteiger partial charge is 0.229 e. The van der Waals surface area contributed by atoms with Gasteiger partial charge in [0.2, 0.25) is 10.0 Å². The second-order valence-corrected chi connectivity index (χ2v) is 5.55. The van der Waals surface area contributed by atoms with Gasteiger partial charge < -0.3 is 5.11 Å². The number of rotatable bonds is 3. The summed E-state index contributed by atoms with van der Waals surface area (Å²) in [7, 11) is -3.29. The van der Waals surface area contributed by atoms with Gasteiger partial charge in [0.05, 0.1) is 11.9 Å². The highest BCUT2D eigenvalue weighted by Gasteiger charge is 2.08. The molecule has 84 valence electrons. The maximum atomic E-state index is 10.9. The van der Waals surface area contributed by atoms with Gasteiger partial charge in [0.15, 0.2) is 0 Å². The molecule has 0 heterocycles. The normalized spacial score (nSPS) is 11.7. The first-order valence-electron chi connectivity index (χ1n) is 4.60. The minimum absolute atomic E-state index is 0.110. The van der Waals surface area contributed by atoms with Gasteiger partial charge in [-0.3, -0.25) is 4.72 Å². The number of hydrogen-bond acceptors (Lipinski definition) is 3. The van der Waals surface area contributed by atoms with Crippen molar-refractivity contribution in [3.8, 4) is 5.75 Å². The minimum Gasteiger partial charge on any atom is -0.508 e. The summed E-state index contributed by atoms with van der Waals surface area (Å²) in [6.07, 6.45) is 1.07. The summed E-state index contributed by atoms with van der Waals surface area (Å²) < 4.78 is 24.2. The molecule has 15 heavy (non-hydrogen) atoms. The van der Waals surface area contributed by atoms with Crippen molar-refractivity contribution in [3.05, 3.63) is 23.8 Å². The molecule has 1 rings (SSSR count). The van der Waals surface area contributed by atoms with E-state index in [2.05, 4.69) is 4.72 Å². The van der Waals surface area contributed by atoms with E-state index in [-0.39, 0.29) is 11.7 Å². The zero-order valence-corrected chi connectivity index (χ0v) is 9.80. The molecule has 0 saturated heterocycles. The van der Waals surface area contributed by atoms with Crippen LogP contribution in [0.3, 0.4) is 0 Å². The molecule has 2 N–H and O–H groups in total. The summed E-state index contributed by atoms with van der Waals surface area (Å²) in [4.78, 5) is 0. The zero-order chi connectivity index (χ0) is 11.6. The Balaban J connectivity index is 3.02. The lowest BCUT2D eigenvalue weighted by molar-refractivity contribution is 0.465. The van der Waals surface area contributed by atoms with Crippen LogP contribution in [0, 0.1) is 0 Å². The van der Waals surface area contributed by atoms with E-state index in [0.29, 0.717) is 5.69 Å². The Hall–Kier alpha value is -1.23. The monoisotopic (exact) mass is 229 g/mol. The van der Waals surface area contributed by atoms with Crippen LogP contribution >= 0.6 is 0 Å². The Morgan fingerprint density at radius 3 is 2.33 bits per heavy atom. The molecular formula is C10H15NO3S. The lowest BCUT2D eigenvalue weighted by Gasteiger charge is -2.10. The summed E-state index contributed by atoms with van der Waals surface area (Å²) in [5, 5.41) is 9.62. The van der Waals surface area contributed by atoms with E-state index >= 15 is 0 Å². The third-order valence-electron chi connectivity index (χ3n) is 1.96. The highest BCUT2D eigenvalue weighted by molar-refractivity contribution is 7.92. The van der Waals surface area contributed by atoms with Crippen molar-refractivity contribution >= 4 is 15.7 Å². The van der Waals surface area contributed by atoms with Crippen molar-refractivity contribution in [2.45, 2.75) is 19.8 Å². The Morgan fingerprint density at radius 1 is 1.33 bits per heavy atom. The number of phenolic OH excluding ortho intramolecular Hbond substituents is 1. The van der Waals surface area contributed by atoms with Crippen LogP contribution in [0.2, 0.25) is 0 Å². The molecule has 1 aromatic carbocycles. The van der Waals surface area contributed by atoms with E-state index in [0.717, 1.165) is 11.8 Å². The number of hydrogen-bond donors (Lipinski definition) is 2. The summed E-state index contributed by atoms with van der Waals surface area (Å²) >= 11 is 0. The predicted octanol–water partition coefficient (Wildman–Crippen LogP) is 1.89. The number of anilines is 1. The number of nitrogens with one attached hydrogen (secondary N) is 1. The highest BCUT2D eigenvalue weighted by Crippen LogP contribution is 2.28. The van der Waals surface area contributed by atoms with Gasteiger partial charge in [-0.15, -0.1) is 0 Å². The standard InChI is InChI=1S/C10H15NO3S/c1-7(2)9-5-4-8(6-10(9)12)11-15(3,13)14/h4-7,11-12H,1-3H3. The first-order valence-corrected chi connectivity index (χ1v) is 6.49. The van der Waals surface area contributed by atoms with Crippen LogP contribution in [0.25, 0.3) is 0 Å². The third-order valence-corrected chi connectivity index (χ3v) is 2.56. The Kier molecular flexibility index (Phi) is 3.24. The number of phenols is 1. The highest BCUT2D eigenvalue weighted by atomic mass is 32.2. The summed E-state index contributed by atoms with van der Waals surface area (Å²) in [5.41, 5.74) is 1.17. The Labute approximate surface area is 90.0 Å². The van der Waals surface area contributed by atoms with Gasteiger partial charge >= 0.3 is 0 Å². The molecule has 0 aliphatic carbocycles. The van der Waals surface area contributed by atoms with Crippen molar-refractivity contribution in [2.24, 2.45) is 0 Å². The van der Waals surface area contributed by atoms with E-state index in [1.807, 2.05) is 13.8 Å². The molecular weight excluding hydrogens is 214 g/mol. The molecule has 0 spiro atoms. The Bertz CT molecular complexity index is 452. The van der Waals surface area contributed by atoms with Crippen molar-refractivity contribution in [1.82, 2.24) is 0 Å². The van der Waals surface area contributed by atoms with Crippen LogP contribution in [0.4, 0.5) is 5.69 Å². The fraction of sp³-hybridized carbons (Fsp3) is 0.400. The van der Waals surface area contributed by atoms with Crippen LogP contribution in [-0.4, -0.2) is 19.8 Å². The second kappa shape index (κ2) is 4.10. The van der Waals surface area contributed by atoms with Gasteiger partial charge in [-0.2, -0.15) is 0 Å². The second-order valence-electron chi connectivity index (χ2n) is 3.80. The summed E-state index contributed by atoms with van der Waals surface area (Å²) in [6.45, 7) is 3.91. The van der Waals surface area contributed by atoms with Gasteiger partial charge in [0.1, 0.15) is 5.75 Å². The van der Waals surface area contributed by atoms with Crippen LogP contribution in [0.1, 0.15) is 25.3 Å². The van der Waals surface area contributed by atoms with Crippen molar-refractivity contribution in [3.63, 3.8) is 0 Å². The molecule has 0 atom stereocenters. The maximum absolute atomic E-state index is 10.9. The average Bonchev–Trinajstić information content (AvgIpc) is 1.99. The van der Waals surface area contributed by atoms with E-state index < -0.39 is 10.0 Å². The molecule has 5 heteroatoms. The first kappa shape index (κ1) is 11.8. The van der Waals surface area contributed by atoms with Gasteiger partial charge in [-0.1, -0.05) is 19.9 Å². The zero-order valence-electron chi connectivity index (χ0n) is 8.98. The summed E-state index contributed by atoms with van der Waals surface area (Å²) in [6, 6.07) is 4.76. The van der Waals surface area contributed by atoms with Gasteiger partial charge in [-0.05, 0) is 17.5 Å². The van der Waals surface area contributed by atoms with Crippen molar-refractivity contribution in [1.29, 1.82) is 0 Å². The van der Waals surface area contributed by atoms with Crippen LogP contribution < -0.4 is 4.72 Å². The predicted molar refractivity (Wildman–Crippen MR) is 60.7 cm³/mol. The fourth-order valence-corrected chi connectivity index (χ4v) is 1.86. The van der Waals surface area contributed by atoms with Crippen molar-refractivity contribution in [2.75, 3.05) is 11.0 Å². The van der Waals surface area contributed by atoms with Gasteiger partial charge in [0, 0.05) is 6.07 Å². The molecule has 0 aromatic heterocycles. The molecule has 0 radical (unpaired) electrons. The van der Waals surface area contributed by atoms with E-state index in [1.54, 1.807) is 12.1 Å². The van der Waals surface area contributed by atoms with E-state index in [9.17, 15) is 13.5 Å². The van der Waals surface area contributed by atoms with Gasteiger partial charge in [-0.25, -0.2) is 8.42 Å². The molecule has 0 amide bonds. The molecule has 0 saturated carbocycles. The Morgan fingerprint density at radius 2 is 1.93 bits per heavy atom. The molecule has 0 unspecified atom stereocenters. The van der Waals surface area contributed by atoms with E-state index in [4.69, 9.17) is 0 Å². The first-order chi connectivity index (χ1) is 6.79. The fourth-order valence-electron chi connectivity index (χ4n) is 1.31. The average molecular weight is 229 g/mol. The lowest BCUT2D eigenvalue weighted by atomic mass is 10.0. The molecule has 0 aliphatic heterocycles. The SMILES string of the molecule is CC(C)c1ccc(NS(C)(=O)=O)cc1O. The quantitative estimate of drug-likeness (QED) is 0.831. The molecule has 1 aromatic rings. The topological polar surface area (TPSA) is 66.4 Å². The minimum atomic E-state index is -3.29. The van der Waals surface area contributed by atoms with Crippen molar-refractivity contribution < 1.29 is 13.5 Å². The van der Waals surface area contributed by atoms with Crippen LogP contribution in [-0.2, 0) is 10.0 Å². The third kappa shape index (κ3) is 3.43. The van der Waals surface area contributed by atoms with Gasteiger partial charge in [0.25, 0.3) is 0 Å². The van der Waals surface area contributed by atoms with Crippen LogP contribution in [0.5, 0.6) is 5.75 Å². The summed E-state index contributed by atoms with van der Waals surface area (Å²) in [5.74, 6) is 0.316. The van der Waals surface area contributed by atoms with Crippen LogP contribution in [0.15, 0.2) is 18.2 Å². The largest absolute Gasteiger partial charge is 0.508 e. The molecule has 0 bridgehead atoms. The number of aromatic hydroxyl groups is 1. The maximum Gasteiger partial charge on any atom is 0.229 e. The van der Waals surface area contributed by atoms with E-state index in [1.165, 1.54) is 6.07 Å². The molecule has 4 nitrogen and oxygen atoms in total. The molecule has 0 fully saturated rings.